The van der Waals surface area contributed by atoms with Crippen LogP contribution in [0, 0.1) is 0 Å². The predicted molar refractivity (Wildman–Crippen MR) is 76.1 cm³/mol. The number of likely N-dealkylation sites (N-methyl/N-ethyl adjacent to an activating group) is 1. The fraction of sp³-hybridized carbons (Fsp3) is 0.786. The van der Waals surface area contributed by atoms with Crippen molar-refractivity contribution in [2.75, 3.05) is 33.2 Å². The molecule has 1 unspecified atom stereocenters. The number of hydrogen-bond donors (Lipinski definition) is 2. The lowest BCUT2D eigenvalue weighted by atomic mass is 9.93. The SMILES string of the molecule is CN(CCCc1cnn(C)c1)CC1(O)CCCNC1. The van der Waals surface area contributed by atoms with Gasteiger partial charge < -0.3 is 15.3 Å². The largest absolute Gasteiger partial charge is 0.387 e. The second-order valence-corrected chi connectivity index (χ2v) is 5.87. The summed E-state index contributed by atoms with van der Waals surface area (Å²) in [5.74, 6) is 0. The molecule has 2 heterocycles. The van der Waals surface area contributed by atoms with Crippen molar-refractivity contribution in [1.29, 1.82) is 0 Å². The average Bonchev–Trinajstić information content (AvgIpc) is 2.75. The Morgan fingerprint density at radius 1 is 1.58 bits per heavy atom. The molecule has 0 spiro atoms. The Kier molecular flexibility index (Phi) is 4.96. The summed E-state index contributed by atoms with van der Waals surface area (Å²) in [5.41, 5.74) is 0.746. The molecule has 0 saturated carbocycles. The molecule has 0 bridgehead atoms. The van der Waals surface area contributed by atoms with Crippen LogP contribution in [0.15, 0.2) is 12.4 Å². The lowest BCUT2D eigenvalue weighted by molar-refractivity contribution is -0.00972. The van der Waals surface area contributed by atoms with Crippen LogP contribution in [0.2, 0.25) is 0 Å². The average molecular weight is 266 g/mol. The Bertz CT molecular complexity index is 385. The highest BCUT2D eigenvalue weighted by atomic mass is 16.3. The molecule has 0 radical (unpaired) electrons. The number of aryl methyl sites for hydroxylation is 2. The van der Waals surface area contributed by atoms with E-state index in [9.17, 15) is 5.11 Å². The third kappa shape index (κ3) is 4.60. The third-order valence-electron chi connectivity index (χ3n) is 3.78. The van der Waals surface area contributed by atoms with E-state index in [2.05, 4.69) is 28.6 Å². The third-order valence-corrected chi connectivity index (χ3v) is 3.78. The molecule has 1 aromatic heterocycles. The van der Waals surface area contributed by atoms with Gasteiger partial charge in [-0.2, -0.15) is 5.10 Å². The summed E-state index contributed by atoms with van der Waals surface area (Å²) in [4.78, 5) is 2.24. The number of β-amino-alcohol motifs (C(OH)–C–C–N with tert-alkyl or cyclic N) is 1. The summed E-state index contributed by atoms with van der Waals surface area (Å²) < 4.78 is 1.84. The maximum absolute atomic E-state index is 10.4. The number of aliphatic hydroxyl groups is 1. The molecule has 1 aromatic rings. The standard InChI is InChI=1S/C14H26N4O/c1-17(12-14(19)6-4-7-15-11-14)8-3-5-13-9-16-18(2)10-13/h9-10,15,19H,3-8,11-12H2,1-2H3. The van der Waals surface area contributed by atoms with Crippen molar-refractivity contribution in [2.45, 2.75) is 31.3 Å². The van der Waals surface area contributed by atoms with Gasteiger partial charge in [-0.05, 0) is 51.4 Å². The van der Waals surface area contributed by atoms with Gasteiger partial charge in [0.25, 0.3) is 0 Å². The van der Waals surface area contributed by atoms with Crippen LogP contribution in [0.3, 0.4) is 0 Å². The van der Waals surface area contributed by atoms with Gasteiger partial charge in [-0.1, -0.05) is 0 Å². The molecule has 1 fully saturated rings. The lowest BCUT2D eigenvalue weighted by Gasteiger charge is -2.36. The maximum atomic E-state index is 10.4. The van der Waals surface area contributed by atoms with Crippen molar-refractivity contribution in [1.82, 2.24) is 20.0 Å². The van der Waals surface area contributed by atoms with Crippen LogP contribution in [0.25, 0.3) is 0 Å². The molecule has 1 aliphatic rings. The molecule has 1 saturated heterocycles. The lowest BCUT2D eigenvalue weighted by Crippen LogP contribution is -2.52. The smallest absolute Gasteiger partial charge is 0.0897 e. The zero-order valence-corrected chi connectivity index (χ0v) is 12.1. The fourth-order valence-electron chi connectivity index (χ4n) is 2.82. The molecule has 2 N–H and O–H groups in total. The minimum atomic E-state index is -0.540. The fourth-order valence-corrected chi connectivity index (χ4v) is 2.82. The van der Waals surface area contributed by atoms with Gasteiger partial charge in [-0.25, -0.2) is 0 Å². The molecule has 0 aliphatic carbocycles. The van der Waals surface area contributed by atoms with Crippen molar-refractivity contribution in [3.8, 4) is 0 Å². The van der Waals surface area contributed by atoms with Gasteiger partial charge in [0.1, 0.15) is 0 Å². The molecule has 0 aromatic carbocycles. The molecule has 5 nitrogen and oxygen atoms in total. The van der Waals surface area contributed by atoms with Gasteiger partial charge in [0, 0.05) is 26.3 Å². The first-order valence-corrected chi connectivity index (χ1v) is 7.17. The number of nitrogens with one attached hydrogen (secondary N) is 1. The monoisotopic (exact) mass is 266 g/mol. The van der Waals surface area contributed by atoms with Crippen LogP contribution in [0.1, 0.15) is 24.8 Å². The zero-order chi connectivity index (χ0) is 13.7. The molecule has 108 valence electrons. The predicted octanol–water partition coefficient (Wildman–Crippen LogP) is 0.399. The van der Waals surface area contributed by atoms with E-state index in [0.717, 1.165) is 51.9 Å². The van der Waals surface area contributed by atoms with E-state index in [-0.39, 0.29) is 0 Å². The van der Waals surface area contributed by atoms with Crippen molar-refractivity contribution in [2.24, 2.45) is 7.05 Å². The van der Waals surface area contributed by atoms with Crippen LogP contribution in [0.5, 0.6) is 0 Å². The molecule has 2 rings (SSSR count). The van der Waals surface area contributed by atoms with Crippen LogP contribution in [-0.2, 0) is 13.5 Å². The zero-order valence-electron chi connectivity index (χ0n) is 12.1. The van der Waals surface area contributed by atoms with E-state index >= 15 is 0 Å². The number of piperidine rings is 1. The number of aromatic nitrogens is 2. The van der Waals surface area contributed by atoms with E-state index in [1.54, 1.807) is 0 Å². The molecular weight excluding hydrogens is 240 g/mol. The summed E-state index contributed by atoms with van der Waals surface area (Å²) in [7, 11) is 4.04. The summed E-state index contributed by atoms with van der Waals surface area (Å²) in [6.45, 7) is 3.53. The first kappa shape index (κ1) is 14.5. The van der Waals surface area contributed by atoms with E-state index in [4.69, 9.17) is 0 Å². The molecule has 0 amide bonds. The van der Waals surface area contributed by atoms with E-state index in [1.807, 2.05) is 17.9 Å². The van der Waals surface area contributed by atoms with Gasteiger partial charge in [0.15, 0.2) is 0 Å². The quantitative estimate of drug-likeness (QED) is 0.782. The normalized spacial score (nSPS) is 24.0. The maximum Gasteiger partial charge on any atom is 0.0897 e. The first-order chi connectivity index (χ1) is 9.07. The second kappa shape index (κ2) is 6.50. The van der Waals surface area contributed by atoms with Gasteiger partial charge >= 0.3 is 0 Å². The van der Waals surface area contributed by atoms with Crippen LogP contribution in [-0.4, -0.2) is 58.6 Å². The Morgan fingerprint density at radius 3 is 3.05 bits per heavy atom. The first-order valence-electron chi connectivity index (χ1n) is 7.17. The Balaban J connectivity index is 1.68. The number of rotatable bonds is 6. The molecule has 1 aliphatic heterocycles. The van der Waals surface area contributed by atoms with Crippen LogP contribution < -0.4 is 5.32 Å². The van der Waals surface area contributed by atoms with Crippen molar-refractivity contribution in [3.05, 3.63) is 18.0 Å². The molecule has 1 atom stereocenters. The highest BCUT2D eigenvalue weighted by molar-refractivity contribution is 5.03. The number of hydrogen-bond acceptors (Lipinski definition) is 4. The van der Waals surface area contributed by atoms with Gasteiger partial charge in [0.05, 0.1) is 11.8 Å². The van der Waals surface area contributed by atoms with Crippen molar-refractivity contribution < 1.29 is 5.11 Å². The summed E-state index contributed by atoms with van der Waals surface area (Å²) in [6.07, 6.45) is 8.13. The van der Waals surface area contributed by atoms with Crippen molar-refractivity contribution >= 4 is 0 Å². The van der Waals surface area contributed by atoms with E-state index < -0.39 is 5.60 Å². The highest BCUT2D eigenvalue weighted by Gasteiger charge is 2.30. The Morgan fingerprint density at radius 2 is 2.42 bits per heavy atom. The van der Waals surface area contributed by atoms with Gasteiger partial charge in [-0.15, -0.1) is 0 Å². The Labute approximate surface area is 115 Å². The molecule has 5 heteroatoms. The van der Waals surface area contributed by atoms with E-state index in [1.165, 1.54) is 5.56 Å². The van der Waals surface area contributed by atoms with Crippen LogP contribution >= 0.6 is 0 Å². The van der Waals surface area contributed by atoms with Crippen molar-refractivity contribution in [3.63, 3.8) is 0 Å². The Hall–Kier alpha value is -0.910. The second-order valence-electron chi connectivity index (χ2n) is 5.87. The van der Waals surface area contributed by atoms with Gasteiger partial charge in [-0.3, -0.25) is 4.68 Å². The van der Waals surface area contributed by atoms with Gasteiger partial charge in [0.2, 0.25) is 0 Å². The summed E-state index contributed by atoms with van der Waals surface area (Å²) in [6, 6.07) is 0. The van der Waals surface area contributed by atoms with E-state index in [0.29, 0.717) is 0 Å². The minimum Gasteiger partial charge on any atom is -0.387 e. The molecule has 19 heavy (non-hydrogen) atoms. The molecular formula is C14H26N4O. The summed E-state index contributed by atoms with van der Waals surface area (Å²) >= 11 is 0. The highest BCUT2D eigenvalue weighted by Crippen LogP contribution is 2.17. The van der Waals surface area contributed by atoms with Crippen LogP contribution in [0.4, 0.5) is 0 Å². The minimum absolute atomic E-state index is 0.540. The number of nitrogens with zero attached hydrogens (tertiary/aromatic N) is 3. The topological polar surface area (TPSA) is 53.3 Å². The summed E-state index contributed by atoms with van der Waals surface area (Å²) in [5, 5.41) is 17.9.